The second-order valence-electron chi connectivity index (χ2n) is 5.46. The van der Waals surface area contributed by atoms with Crippen LogP contribution in [0, 0.1) is 0 Å². The molecule has 0 aliphatic carbocycles. The summed E-state index contributed by atoms with van der Waals surface area (Å²) < 4.78 is 0. The lowest BCUT2D eigenvalue weighted by Crippen LogP contribution is -2.28. The van der Waals surface area contributed by atoms with Crippen LogP contribution < -0.4 is 5.32 Å². The summed E-state index contributed by atoms with van der Waals surface area (Å²) >= 11 is 0. The first-order valence-electron chi connectivity index (χ1n) is 7.18. The van der Waals surface area contributed by atoms with Crippen LogP contribution in [0.1, 0.15) is 42.5 Å². The van der Waals surface area contributed by atoms with E-state index in [9.17, 15) is 9.90 Å². The summed E-state index contributed by atoms with van der Waals surface area (Å²) in [5.74, 6) is -0.414. The molecule has 0 bridgehead atoms. The normalized spacial score (nSPS) is 12.3. The van der Waals surface area contributed by atoms with E-state index in [2.05, 4.69) is 19.2 Å². The topological polar surface area (TPSA) is 49.3 Å². The Labute approximate surface area is 125 Å². The third kappa shape index (κ3) is 4.17. The molecule has 0 spiro atoms. The number of aliphatic carboxylic acids is 1. The van der Waals surface area contributed by atoms with Gasteiger partial charge >= 0.3 is 5.97 Å². The second-order valence-corrected chi connectivity index (χ2v) is 5.46. The highest BCUT2D eigenvalue weighted by Gasteiger charge is 2.19. The number of benzene rings is 2. The molecule has 2 rings (SSSR count). The van der Waals surface area contributed by atoms with Crippen molar-refractivity contribution in [1.29, 1.82) is 0 Å². The zero-order valence-electron chi connectivity index (χ0n) is 12.4. The van der Waals surface area contributed by atoms with Crippen LogP contribution >= 0.6 is 0 Å². The van der Waals surface area contributed by atoms with Crippen molar-refractivity contribution in [3.8, 4) is 0 Å². The molecule has 0 aromatic heterocycles. The minimum atomic E-state index is -0.858. The van der Waals surface area contributed by atoms with E-state index in [1.165, 1.54) is 5.56 Å². The Morgan fingerprint density at radius 1 is 1.00 bits per heavy atom. The van der Waals surface area contributed by atoms with Gasteiger partial charge in [-0.3, -0.25) is 10.1 Å². The maximum atomic E-state index is 11.5. The molecular weight excluding hydrogens is 262 g/mol. The van der Waals surface area contributed by atoms with Crippen LogP contribution in [0.3, 0.4) is 0 Å². The van der Waals surface area contributed by atoms with Crippen LogP contribution in [0.15, 0.2) is 54.6 Å². The summed E-state index contributed by atoms with van der Waals surface area (Å²) in [4.78, 5) is 11.5. The molecule has 0 fully saturated rings. The summed E-state index contributed by atoms with van der Waals surface area (Å²) in [5, 5.41) is 12.5. The van der Waals surface area contributed by atoms with Crippen LogP contribution in [0.25, 0.3) is 0 Å². The van der Waals surface area contributed by atoms with E-state index in [0.29, 0.717) is 12.5 Å². The highest BCUT2D eigenvalue weighted by atomic mass is 16.4. The molecule has 3 nitrogen and oxygen atoms in total. The van der Waals surface area contributed by atoms with Crippen molar-refractivity contribution in [2.75, 3.05) is 0 Å². The van der Waals surface area contributed by atoms with Crippen LogP contribution in [0.2, 0.25) is 0 Å². The molecule has 0 radical (unpaired) electrons. The van der Waals surface area contributed by atoms with E-state index >= 15 is 0 Å². The Balaban J connectivity index is 2.10. The Morgan fingerprint density at radius 2 is 1.57 bits per heavy atom. The van der Waals surface area contributed by atoms with Crippen LogP contribution in [0.4, 0.5) is 0 Å². The Hall–Kier alpha value is -2.13. The average molecular weight is 283 g/mol. The first-order chi connectivity index (χ1) is 10.1. The molecule has 2 aromatic rings. The zero-order chi connectivity index (χ0) is 15.2. The highest BCUT2D eigenvalue weighted by Crippen LogP contribution is 2.19. The third-order valence-electron chi connectivity index (χ3n) is 3.54. The molecule has 2 N–H and O–H groups in total. The Morgan fingerprint density at radius 3 is 2.10 bits per heavy atom. The van der Waals surface area contributed by atoms with Crippen molar-refractivity contribution >= 4 is 5.97 Å². The number of hydrogen-bond acceptors (Lipinski definition) is 2. The molecule has 2 aromatic carbocycles. The van der Waals surface area contributed by atoms with Gasteiger partial charge in [-0.05, 0) is 22.6 Å². The summed E-state index contributed by atoms with van der Waals surface area (Å²) in [5.41, 5.74) is 3.07. The van der Waals surface area contributed by atoms with E-state index in [-0.39, 0.29) is 0 Å². The fourth-order valence-electron chi connectivity index (χ4n) is 2.24. The van der Waals surface area contributed by atoms with Crippen molar-refractivity contribution < 1.29 is 9.90 Å². The monoisotopic (exact) mass is 283 g/mol. The fourth-order valence-corrected chi connectivity index (χ4v) is 2.24. The van der Waals surface area contributed by atoms with Crippen molar-refractivity contribution in [3.63, 3.8) is 0 Å². The lowest BCUT2D eigenvalue weighted by atomic mass is 9.99. The molecule has 0 unspecified atom stereocenters. The van der Waals surface area contributed by atoms with Gasteiger partial charge in [0.05, 0.1) is 0 Å². The van der Waals surface area contributed by atoms with Crippen LogP contribution in [-0.2, 0) is 11.3 Å². The van der Waals surface area contributed by atoms with Crippen molar-refractivity contribution in [1.82, 2.24) is 5.32 Å². The van der Waals surface area contributed by atoms with Gasteiger partial charge in [0.25, 0.3) is 0 Å². The number of nitrogens with one attached hydrogen (secondary N) is 1. The van der Waals surface area contributed by atoms with Gasteiger partial charge in [-0.25, -0.2) is 0 Å². The molecule has 0 saturated carbocycles. The van der Waals surface area contributed by atoms with Gasteiger partial charge in [0.1, 0.15) is 6.04 Å². The van der Waals surface area contributed by atoms with E-state index in [0.717, 1.165) is 11.1 Å². The number of hydrogen-bond donors (Lipinski definition) is 2. The van der Waals surface area contributed by atoms with Crippen LogP contribution in [0.5, 0.6) is 0 Å². The molecule has 1 atom stereocenters. The van der Waals surface area contributed by atoms with Gasteiger partial charge in [0.15, 0.2) is 0 Å². The van der Waals surface area contributed by atoms with Gasteiger partial charge in [-0.15, -0.1) is 0 Å². The highest BCUT2D eigenvalue weighted by molar-refractivity contribution is 5.75. The lowest BCUT2D eigenvalue weighted by molar-refractivity contribution is -0.139. The first kappa shape index (κ1) is 15.3. The molecule has 0 saturated heterocycles. The quantitative estimate of drug-likeness (QED) is 0.849. The van der Waals surface area contributed by atoms with E-state index < -0.39 is 12.0 Å². The Kier molecular flexibility index (Phi) is 5.12. The number of carbonyl (C=O) groups is 1. The lowest BCUT2D eigenvalue weighted by Gasteiger charge is -2.16. The number of carboxylic acids is 1. The predicted molar refractivity (Wildman–Crippen MR) is 84.2 cm³/mol. The smallest absolute Gasteiger partial charge is 0.325 e. The largest absolute Gasteiger partial charge is 0.480 e. The fraction of sp³-hybridized carbons (Fsp3) is 0.278. The molecule has 0 heterocycles. The van der Waals surface area contributed by atoms with Gasteiger partial charge in [0, 0.05) is 6.54 Å². The molecule has 3 heteroatoms. The predicted octanol–water partition coefficient (Wildman–Crippen LogP) is 3.73. The maximum absolute atomic E-state index is 11.5. The van der Waals surface area contributed by atoms with Gasteiger partial charge in [0.2, 0.25) is 0 Å². The van der Waals surface area contributed by atoms with Crippen molar-refractivity contribution in [3.05, 3.63) is 71.3 Å². The van der Waals surface area contributed by atoms with Gasteiger partial charge < -0.3 is 5.11 Å². The molecule has 0 aliphatic rings. The van der Waals surface area contributed by atoms with Gasteiger partial charge in [-0.2, -0.15) is 0 Å². The molecule has 0 amide bonds. The van der Waals surface area contributed by atoms with E-state index in [1.807, 2.05) is 54.6 Å². The van der Waals surface area contributed by atoms with E-state index in [4.69, 9.17) is 0 Å². The van der Waals surface area contributed by atoms with E-state index in [1.54, 1.807) is 0 Å². The summed E-state index contributed by atoms with van der Waals surface area (Å²) in [6.07, 6.45) is 0. The second kappa shape index (κ2) is 7.04. The Bertz CT molecular complexity index is 576. The molecule has 0 aliphatic heterocycles. The standard InChI is InChI=1S/C18H21NO2/c1-13(2)15-8-10-16(11-9-15)17(18(20)21)19-12-14-6-4-3-5-7-14/h3-11,13,17,19H,12H2,1-2H3,(H,20,21)/t17-/m0/s1. The van der Waals surface area contributed by atoms with Crippen molar-refractivity contribution in [2.24, 2.45) is 0 Å². The molecule has 110 valence electrons. The SMILES string of the molecule is CC(C)c1ccc([C@H](NCc2ccccc2)C(=O)O)cc1. The number of rotatable bonds is 6. The molecular formula is C18H21NO2. The van der Waals surface area contributed by atoms with Gasteiger partial charge in [-0.1, -0.05) is 68.4 Å². The average Bonchev–Trinajstić information content (AvgIpc) is 2.48. The molecule has 21 heavy (non-hydrogen) atoms. The maximum Gasteiger partial charge on any atom is 0.325 e. The van der Waals surface area contributed by atoms with Crippen molar-refractivity contribution in [2.45, 2.75) is 32.4 Å². The number of carboxylic acid groups (broad SMARTS) is 1. The first-order valence-corrected chi connectivity index (χ1v) is 7.18. The minimum absolute atomic E-state index is 0.444. The minimum Gasteiger partial charge on any atom is -0.480 e. The summed E-state index contributed by atoms with van der Waals surface area (Å²) in [6, 6.07) is 16.9. The summed E-state index contributed by atoms with van der Waals surface area (Å²) in [6.45, 7) is 4.78. The third-order valence-corrected chi connectivity index (χ3v) is 3.54. The van der Waals surface area contributed by atoms with Crippen LogP contribution in [-0.4, -0.2) is 11.1 Å². The summed E-state index contributed by atoms with van der Waals surface area (Å²) in [7, 11) is 0. The zero-order valence-corrected chi connectivity index (χ0v) is 12.4.